The maximum atomic E-state index is 12.9. The Morgan fingerprint density at radius 2 is 2.04 bits per heavy atom. The first-order valence-corrected chi connectivity index (χ1v) is 8.13. The van der Waals surface area contributed by atoms with Crippen LogP contribution in [-0.4, -0.2) is 52.1 Å². The number of urea groups is 1. The largest absolute Gasteiger partial charge is 0.370 e. The summed E-state index contributed by atoms with van der Waals surface area (Å²) in [5, 5.41) is 4.47. The van der Waals surface area contributed by atoms with Crippen LogP contribution < -0.4 is 10.6 Å². The maximum Gasteiger partial charge on any atom is 0.331 e. The molecule has 4 rings (SSSR count). The summed E-state index contributed by atoms with van der Waals surface area (Å²) in [6, 6.07) is 7.67. The number of primary amides is 1. The number of aryl methyl sites for hydroxylation is 1. The molecule has 0 unspecified atom stereocenters. The van der Waals surface area contributed by atoms with Gasteiger partial charge in [-0.2, -0.15) is 5.10 Å². The SMILES string of the molecule is Cc1ccc(-n2ncc3c2N(CCC(N)=O)C(=O)N2CCN=C32)cc1. The molecule has 3 heterocycles. The van der Waals surface area contributed by atoms with Crippen LogP contribution in [0.5, 0.6) is 0 Å². The van der Waals surface area contributed by atoms with Crippen LogP contribution in [0.1, 0.15) is 17.5 Å². The lowest BCUT2D eigenvalue weighted by Crippen LogP contribution is -2.51. The monoisotopic (exact) mass is 338 g/mol. The Hall–Kier alpha value is -3.16. The van der Waals surface area contributed by atoms with Gasteiger partial charge in [-0.15, -0.1) is 0 Å². The molecule has 1 aromatic carbocycles. The topological polar surface area (TPSA) is 96.8 Å². The molecule has 0 fully saturated rings. The molecular weight excluding hydrogens is 320 g/mol. The highest BCUT2D eigenvalue weighted by Crippen LogP contribution is 2.33. The number of amidine groups is 1. The van der Waals surface area contributed by atoms with Gasteiger partial charge in [-0.05, 0) is 19.1 Å². The molecule has 0 saturated carbocycles. The number of aliphatic imine (C=N–C) groups is 1. The van der Waals surface area contributed by atoms with Crippen LogP contribution >= 0.6 is 0 Å². The molecule has 8 heteroatoms. The molecule has 0 saturated heterocycles. The molecule has 2 aliphatic heterocycles. The van der Waals surface area contributed by atoms with Gasteiger partial charge in [0.2, 0.25) is 5.91 Å². The number of nitrogens with zero attached hydrogens (tertiary/aromatic N) is 5. The third kappa shape index (κ3) is 2.46. The Morgan fingerprint density at radius 1 is 1.28 bits per heavy atom. The Bertz CT molecular complexity index is 883. The van der Waals surface area contributed by atoms with Crippen LogP contribution in [0, 0.1) is 6.92 Å². The summed E-state index contributed by atoms with van der Waals surface area (Å²) in [5.41, 5.74) is 8.06. The molecule has 0 radical (unpaired) electrons. The molecule has 3 amide bonds. The van der Waals surface area contributed by atoms with Crippen molar-refractivity contribution in [2.75, 3.05) is 24.5 Å². The summed E-state index contributed by atoms with van der Waals surface area (Å²) < 4.78 is 1.71. The summed E-state index contributed by atoms with van der Waals surface area (Å²) in [4.78, 5) is 31.8. The zero-order valence-corrected chi connectivity index (χ0v) is 13.8. The molecule has 2 N–H and O–H groups in total. The van der Waals surface area contributed by atoms with E-state index in [9.17, 15) is 9.59 Å². The predicted molar refractivity (Wildman–Crippen MR) is 93.0 cm³/mol. The highest BCUT2D eigenvalue weighted by Gasteiger charge is 2.40. The van der Waals surface area contributed by atoms with Crippen molar-refractivity contribution in [1.29, 1.82) is 0 Å². The van der Waals surface area contributed by atoms with E-state index in [1.165, 1.54) is 0 Å². The highest BCUT2D eigenvalue weighted by molar-refractivity contribution is 6.19. The lowest BCUT2D eigenvalue weighted by atomic mass is 10.2. The summed E-state index contributed by atoms with van der Waals surface area (Å²) in [7, 11) is 0. The van der Waals surface area contributed by atoms with Gasteiger partial charge in [0.05, 0.1) is 24.0 Å². The number of carbonyl (C=O) groups excluding carboxylic acids is 2. The number of fused-ring (bicyclic) bond motifs is 3. The Morgan fingerprint density at radius 3 is 2.76 bits per heavy atom. The third-order valence-electron chi connectivity index (χ3n) is 4.40. The lowest BCUT2D eigenvalue weighted by molar-refractivity contribution is -0.117. The molecule has 1 aromatic heterocycles. The maximum absolute atomic E-state index is 12.9. The van der Waals surface area contributed by atoms with E-state index >= 15 is 0 Å². The minimum absolute atomic E-state index is 0.0879. The fourth-order valence-electron chi connectivity index (χ4n) is 3.16. The van der Waals surface area contributed by atoms with Crippen molar-refractivity contribution in [3.63, 3.8) is 0 Å². The molecule has 0 bridgehead atoms. The molecule has 2 aromatic rings. The first kappa shape index (κ1) is 15.4. The predicted octanol–water partition coefficient (Wildman–Crippen LogP) is 1.06. The smallest absolute Gasteiger partial charge is 0.331 e. The second kappa shape index (κ2) is 5.73. The number of hydrogen-bond donors (Lipinski definition) is 1. The average molecular weight is 338 g/mol. The minimum Gasteiger partial charge on any atom is -0.370 e. The van der Waals surface area contributed by atoms with Crippen molar-refractivity contribution in [1.82, 2.24) is 14.7 Å². The van der Waals surface area contributed by atoms with Gasteiger partial charge in [0.15, 0.2) is 5.82 Å². The van der Waals surface area contributed by atoms with Crippen molar-refractivity contribution in [2.24, 2.45) is 10.7 Å². The van der Waals surface area contributed by atoms with Crippen molar-refractivity contribution < 1.29 is 9.59 Å². The van der Waals surface area contributed by atoms with Gasteiger partial charge < -0.3 is 5.73 Å². The average Bonchev–Trinajstić information content (AvgIpc) is 3.22. The Balaban J connectivity index is 1.84. The number of carbonyl (C=O) groups is 2. The molecular formula is C17H18N6O2. The highest BCUT2D eigenvalue weighted by atomic mass is 16.2. The van der Waals surface area contributed by atoms with E-state index in [-0.39, 0.29) is 19.0 Å². The van der Waals surface area contributed by atoms with Crippen molar-refractivity contribution in [3.05, 3.63) is 41.6 Å². The number of amides is 3. The van der Waals surface area contributed by atoms with Gasteiger partial charge in [0.1, 0.15) is 5.84 Å². The van der Waals surface area contributed by atoms with Gasteiger partial charge in [0.25, 0.3) is 0 Å². The van der Waals surface area contributed by atoms with E-state index in [1.54, 1.807) is 20.7 Å². The van der Waals surface area contributed by atoms with E-state index in [2.05, 4.69) is 10.1 Å². The van der Waals surface area contributed by atoms with E-state index in [1.807, 2.05) is 31.2 Å². The Labute approximate surface area is 144 Å². The zero-order valence-electron chi connectivity index (χ0n) is 13.8. The Kier molecular flexibility index (Phi) is 3.52. The number of aromatic nitrogens is 2. The second-order valence-corrected chi connectivity index (χ2v) is 6.14. The van der Waals surface area contributed by atoms with Gasteiger partial charge in [0, 0.05) is 19.5 Å². The number of anilines is 1. The normalized spacial score (nSPS) is 15.9. The first-order chi connectivity index (χ1) is 12.1. The van der Waals surface area contributed by atoms with Gasteiger partial charge in [-0.25, -0.2) is 9.48 Å². The molecule has 25 heavy (non-hydrogen) atoms. The fraction of sp³-hybridized carbons (Fsp3) is 0.294. The van der Waals surface area contributed by atoms with Gasteiger partial charge in [-0.3, -0.25) is 19.6 Å². The summed E-state index contributed by atoms with van der Waals surface area (Å²) in [5.74, 6) is 0.831. The quantitative estimate of drug-likeness (QED) is 0.902. The molecule has 0 atom stereocenters. The van der Waals surface area contributed by atoms with E-state index in [0.717, 1.165) is 16.8 Å². The number of hydrogen-bond acceptors (Lipinski definition) is 4. The summed E-state index contributed by atoms with van der Waals surface area (Å²) in [6.07, 6.45) is 1.81. The van der Waals surface area contributed by atoms with E-state index < -0.39 is 5.91 Å². The molecule has 0 spiro atoms. The standard InChI is InChI=1S/C17H18N6O2/c1-11-2-4-12(5-3-11)23-16-13(10-20-23)15-19-7-9-21(15)17(25)22(16)8-6-14(18)24/h2-5,10H,6-9H2,1H3,(H2,18,24). The van der Waals surface area contributed by atoms with Crippen LogP contribution in [0.4, 0.5) is 10.6 Å². The minimum atomic E-state index is -0.448. The molecule has 128 valence electrons. The number of benzene rings is 1. The van der Waals surface area contributed by atoms with Crippen molar-refractivity contribution in [2.45, 2.75) is 13.3 Å². The van der Waals surface area contributed by atoms with Gasteiger partial charge in [-0.1, -0.05) is 17.7 Å². The number of nitrogens with two attached hydrogens (primary N) is 1. The lowest BCUT2D eigenvalue weighted by Gasteiger charge is -2.33. The van der Waals surface area contributed by atoms with Gasteiger partial charge >= 0.3 is 6.03 Å². The number of rotatable bonds is 4. The fourth-order valence-corrected chi connectivity index (χ4v) is 3.16. The van der Waals surface area contributed by atoms with Crippen LogP contribution in [0.25, 0.3) is 5.69 Å². The second-order valence-electron chi connectivity index (χ2n) is 6.14. The van der Waals surface area contributed by atoms with Crippen LogP contribution in [-0.2, 0) is 4.79 Å². The van der Waals surface area contributed by atoms with Crippen LogP contribution in [0.2, 0.25) is 0 Å². The third-order valence-corrected chi connectivity index (χ3v) is 4.40. The summed E-state index contributed by atoms with van der Waals surface area (Å²) in [6.45, 7) is 3.33. The first-order valence-electron chi connectivity index (χ1n) is 8.13. The zero-order chi connectivity index (χ0) is 17.6. The van der Waals surface area contributed by atoms with Crippen molar-refractivity contribution >= 4 is 23.6 Å². The van der Waals surface area contributed by atoms with Crippen LogP contribution in [0.3, 0.4) is 0 Å². The molecule has 2 aliphatic rings. The van der Waals surface area contributed by atoms with E-state index in [0.29, 0.717) is 24.7 Å². The van der Waals surface area contributed by atoms with Crippen molar-refractivity contribution in [3.8, 4) is 5.69 Å². The summed E-state index contributed by atoms with van der Waals surface area (Å²) >= 11 is 0. The van der Waals surface area contributed by atoms with Crippen LogP contribution in [0.15, 0.2) is 35.5 Å². The molecule has 8 nitrogen and oxygen atoms in total. The van der Waals surface area contributed by atoms with E-state index in [4.69, 9.17) is 5.73 Å². The molecule has 0 aliphatic carbocycles.